The fraction of sp³-hybridized carbons (Fsp3) is 0.370. The Balaban J connectivity index is 1.37. The van der Waals surface area contributed by atoms with Gasteiger partial charge in [-0.25, -0.2) is 0 Å². The van der Waals surface area contributed by atoms with Crippen LogP contribution in [-0.4, -0.2) is 18.8 Å². The van der Waals surface area contributed by atoms with Crippen LogP contribution in [-0.2, 0) is 10.8 Å². The van der Waals surface area contributed by atoms with E-state index in [1.54, 1.807) is 0 Å². The van der Waals surface area contributed by atoms with Crippen LogP contribution >= 0.6 is 34.2 Å². The van der Waals surface area contributed by atoms with Crippen molar-refractivity contribution in [3.8, 4) is 0 Å². The topological polar surface area (TPSA) is 15.6 Å². The highest BCUT2D eigenvalue weighted by Crippen LogP contribution is 2.51. The molecule has 2 aliphatic rings. The Kier molecular flexibility index (Phi) is 11.4. The Bertz CT molecular complexity index is 2040. The van der Waals surface area contributed by atoms with Gasteiger partial charge in [-0.2, -0.15) is 0 Å². The largest absolute Gasteiger partial charge is 0.344 e. The summed E-state index contributed by atoms with van der Waals surface area (Å²) in [7, 11) is 0. The molecule has 4 aromatic rings. The maximum Gasteiger partial charge on any atom is 0.0470 e. The van der Waals surface area contributed by atoms with Crippen molar-refractivity contribution in [2.45, 2.75) is 97.3 Å². The zero-order chi connectivity index (χ0) is 35.5. The number of aliphatic imine (C=N–C) groups is 1. The van der Waals surface area contributed by atoms with E-state index in [1.807, 2.05) is 0 Å². The van der Waals surface area contributed by atoms with E-state index in [9.17, 15) is 0 Å². The van der Waals surface area contributed by atoms with Gasteiger partial charge in [0.05, 0.1) is 0 Å². The fourth-order valence-corrected chi connectivity index (χ4v) is 9.44. The molecule has 0 N–H and O–H groups in total. The van der Waals surface area contributed by atoms with Crippen LogP contribution in [0.2, 0.25) is 0 Å². The van der Waals surface area contributed by atoms with Crippen molar-refractivity contribution in [1.29, 1.82) is 0 Å². The molecule has 0 bridgehead atoms. The molecular weight excluding hydrogens is 743 g/mol. The maximum absolute atomic E-state index is 7.31. The smallest absolute Gasteiger partial charge is 0.0470 e. The van der Waals surface area contributed by atoms with E-state index >= 15 is 0 Å². The molecule has 1 aliphatic heterocycles. The van der Waals surface area contributed by atoms with Crippen LogP contribution in [0.5, 0.6) is 0 Å². The minimum Gasteiger partial charge on any atom is -0.344 e. The van der Waals surface area contributed by atoms with E-state index in [1.165, 1.54) is 65.2 Å². The first-order valence-corrected chi connectivity index (χ1v) is 20.1. The molecule has 1 aliphatic carbocycles. The molecule has 0 saturated carbocycles. The van der Waals surface area contributed by atoms with Gasteiger partial charge >= 0.3 is 0 Å². The third-order valence-electron chi connectivity index (χ3n) is 10.8. The second kappa shape index (κ2) is 15.6. The molecule has 4 aromatic carbocycles. The summed E-state index contributed by atoms with van der Waals surface area (Å²) >= 11 is 9.82. The highest BCUT2D eigenvalue weighted by molar-refractivity contribution is 14.1. The molecule has 6 rings (SSSR count). The molecule has 260 valence electrons. The monoisotopic (exact) mass is 794 g/mol. The molecule has 0 unspecified atom stereocenters. The summed E-state index contributed by atoms with van der Waals surface area (Å²) in [5.41, 5.74) is 8.62. The molecule has 1 heterocycles. The molecule has 4 heteroatoms. The first kappa shape index (κ1) is 36.6. The summed E-state index contributed by atoms with van der Waals surface area (Å²) < 4.78 is 1.27. The van der Waals surface area contributed by atoms with E-state index in [0.717, 1.165) is 62.4 Å². The van der Waals surface area contributed by atoms with E-state index in [-0.39, 0.29) is 10.8 Å². The molecule has 50 heavy (non-hydrogen) atoms. The van der Waals surface area contributed by atoms with Crippen LogP contribution in [0.4, 0.5) is 5.69 Å². The molecular formula is C46H52ClIN2. The number of anilines is 1. The van der Waals surface area contributed by atoms with Crippen molar-refractivity contribution in [3.05, 3.63) is 134 Å². The summed E-state index contributed by atoms with van der Waals surface area (Å²) in [6.45, 7) is 15.8. The van der Waals surface area contributed by atoms with Crippen LogP contribution in [0.1, 0.15) is 97.6 Å². The normalized spacial score (nSPS) is 18.4. The van der Waals surface area contributed by atoms with Crippen LogP contribution < -0.4 is 4.90 Å². The third-order valence-corrected chi connectivity index (χ3v) is 12.2. The van der Waals surface area contributed by atoms with Crippen molar-refractivity contribution in [2.24, 2.45) is 4.99 Å². The Morgan fingerprint density at radius 1 is 0.880 bits per heavy atom. The van der Waals surface area contributed by atoms with E-state index < -0.39 is 0 Å². The maximum atomic E-state index is 7.31. The number of nitrogens with zero attached hydrogens (tertiary/aromatic N) is 2. The second-order valence-electron chi connectivity index (χ2n) is 15.0. The summed E-state index contributed by atoms with van der Waals surface area (Å²) in [5.74, 6) is 0. The third kappa shape index (κ3) is 7.15. The van der Waals surface area contributed by atoms with Crippen molar-refractivity contribution < 1.29 is 0 Å². The summed E-state index contributed by atoms with van der Waals surface area (Å²) in [6.07, 6.45) is 16.8. The average molecular weight is 795 g/mol. The van der Waals surface area contributed by atoms with Crippen molar-refractivity contribution in [2.75, 3.05) is 18.0 Å². The van der Waals surface area contributed by atoms with Crippen LogP contribution in [0.25, 0.3) is 21.5 Å². The fourth-order valence-electron chi connectivity index (χ4n) is 7.98. The Morgan fingerprint density at radius 3 is 2.30 bits per heavy atom. The predicted octanol–water partition coefficient (Wildman–Crippen LogP) is 13.8. The van der Waals surface area contributed by atoms with E-state index in [4.69, 9.17) is 16.6 Å². The lowest BCUT2D eigenvalue weighted by molar-refractivity contribution is 0.628. The molecule has 0 spiro atoms. The molecule has 0 aromatic heterocycles. The van der Waals surface area contributed by atoms with Crippen molar-refractivity contribution in [1.82, 2.24) is 0 Å². The SMILES string of the molecule is CCCCN=C(/C=C/C1=C(Cl)C(=C/C=C2/N(CCCC)c3ccc4ccccc4c3C2(C)C)/CCC1)C(C)(C)c1c(I)ccc2ccccc12. The lowest BCUT2D eigenvalue weighted by atomic mass is 9.77. The molecule has 0 atom stereocenters. The van der Waals surface area contributed by atoms with Gasteiger partial charge in [0.2, 0.25) is 0 Å². The van der Waals surface area contributed by atoms with Gasteiger partial charge in [-0.3, -0.25) is 4.99 Å². The lowest BCUT2D eigenvalue weighted by Gasteiger charge is -2.29. The van der Waals surface area contributed by atoms with Gasteiger partial charge in [-0.1, -0.05) is 139 Å². The van der Waals surface area contributed by atoms with Crippen LogP contribution in [0.15, 0.2) is 124 Å². The predicted molar refractivity (Wildman–Crippen MR) is 228 cm³/mol. The Labute approximate surface area is 319 Å². The van der Waals surface area contributed by atoms with E-state index in [2.05, 4.69) is 166 Å². The van der Waals surface area contributed by atoms with Crippen LogP contribution in [0.3, 0.4) is 0 Å². The minimum absolute atomic E-state index is 0.122. The lowest BCUT2D eigenvalue weighted by Crippen LogP contribution is -2.29. The first-order valence-electron chi connectivity index (χ1n) is 18.6. The highest BCUT2D eigenvalue weighted by atomic mass is 127. The number of hydrogen-bond acceptors (Lipinski definition) is 2. The van der Waals surface area contributed by atoms with Gasteiger partial charge in [-0.05, 0) is 123 Å². The van der Waals surface area contributed by atoms with Gasteiger partial charge in [0.1, 0.15) is 0 Å². The first-order chi connectivity index (χ1) is 24.1. The highest BCUT2D eigenvalue weighted by Gasteiger charge is 2.41. The quantitative estimate of drug-likeness (QED) is 0.0839. The summed E-state index contributed by atoms with van der Waals surface area (Å²) in [4.78, 5) is 7.82. The Hall–Kier alpha value is -3.15. The number of halogens is 2. The molecule has 0 amide bonds. The minimum atomic E-state index is -0.276. The van der Waals surface area contributed by atoms with Crippen molar-refractivity contribution >= 4 is 67.1 Å². The molecule has 0 saturated heterocycles. The number of rotatable bonds is 11. The molecule has 2 nitrogen and oxygen atoms in total. The average Bonchev–Trinajstić information content (AvgIpc) is 3.33. The zero-order valence-corrected chi connectivity index (χ0v) is 33.7. The molecule has 0 radical (unpaired) electrons. The number of fused-ring (bicyclic) bond motifs is 4. The zero-order valence-electron chi connectivity index (χ0n) is 30.8. The van der Waals surface area contributed by atoms with Gasteiger partial charge < -0.3 is 4.90 Å². The van der Waals surface area contributed by atoms with Gasteiger partial charge in [0.25, 0.3) is 0 Å². The summed E-state index contributed by atoms with van der Waals surface area (Å²) in [5, 5.41) is 6.12. The Morgan fingerprint density at radius 2 is 1.56 bits per heavy atom. The number of unbranched alkanes of at least 4 members (excludes halogenated alkanes) is 2. The van der Waals surface area contributed by atoms with Gasteiger partial charge in [0, 0.05) is 49.6 Å². The number of allylic oxidation sites excluding steroid dienone is 8. The number of benzene rings is 4. The number of hydrogen-bond donors (Lipinski definition) is 0. The van der Waals surface area contributed by atoms with Gasteiger partial charge in [0.15, 0.2) is 0 Å². The van der Waals surface area contributed by atoms with Gasteiger partial charge in [-0.15, -0.1) is 0 Å². The van der Waals surface area contributed by atoms with Crippen molar-refractivity contribution in [3.63, 3.8) is 0 Å². The summed E-state index contributed by atoms with van der Waals surface area (Å²) in [6, 6.07) is 26.7. The standard InChI is InChI=1S/C46H52ClIN2/c1-7-9-30-49-40(45(3,4)42-36-20-13-11-16-32(36)22-26-38(42)48)28-24-34-18-15-19-35(44(34)47)25-29-41-46(5,6)43-37-21-14-12-17-33(37)23-27-39(43)50(41)31-10-8-2/h11-14,16-17,20-29H,7-10,15,18-19,30-31H2,1-6H3/b28-24+,35-25+,41-29+,49-40?. The second-order valence-corrected chi connectivity index (χ2v) is 16.5. The molecule has 0 fully saturated rings. The van der Waals surface area contributed by atoms with E-state index in [0.29, 0.717) is 0 Å². The van der Waals surface area contributed by atoms with Crippen LogP contribution in [0, 0.1) is 3.57 Å².